The Kier molecular flexibility index (Phi) is 8.05. The maximum absolute atomic E-state index is 12.0. The first kappa shape index (κ1) is 18.9. The largest absolute Gasteiger partial charge is 0.465 e. The molecule has 1 N–H and O–H groups in total. The molecule has 0 fully saturated rings. The molecule has 0 spiro atoms. The standard InChI is InChI=1S/C18H24O5/c1-4-13(16(19)14-10-8-7-9-11-14)12-15(17(20)22-5-2)18(21)23-6-3/h4,7-11,13,15-16,19H,1,5-6,12H2,2-3H3/t13-,16+/m0/s1. The molecule has 1 aromatic rings. The first-order chi connectivity index (χ1) is 11.0. The van der Waals surface area contributed by atoms with Gasteiger partial charge in [0.2, 0.25) is 0 Å². The van der Waals surface area contributed by atoms with Crippen molar-refractivity contribution in [2.45, 2.75) is 26.4 Å². The minimum Gasteiger partial charge on any atom is -0.465 e. The van der Waals surface area contributed by atoms with E-state index in [1.807, 2.05) is 18.2 Å². The topological polar surface area (TPSA) is 72.8 Å². The maximum atomic E-state index is 12.0. The number of benzene rings is 1. The van der Waals surface area contributed by atoms with Crippen LogP contribution >= 0.6 is 0 Å². The van der Waals surface area contributed by atoms with Gasteiger partial charge in [0.15, 0.2) is 5.92 Å². The molecule has 0 amide bonds. The lowest BCUT2D eigenvalue weighted by Gasteiger charge is -2.23. The minimum atomic E-state index is -1.07. The Hall–Kier alpha value is -2.14. The van der Waals surface area contributed by atoms with Crippen LogP contribution in [0, 0.1) is 11.8 Å². The first-order valence-corrected chi connectivity index (χ1v) is 7.73. The van der Waals surface area contributed by atoms with Gasteiger partial charge in [-0.15, -0.1) is 6.58 Å². The summed E-state index contributed by atoms with van der Waals surface area (Å²) in [5, 5.41) is 10.5. The molecule has 1 rings (SSSR count). The summed E-state index contributed by atoms with van der Waals surface area (Å²) >= 11 is 0. The zero-order valence-electron chi connectivity index (χ0n) is 13.6. The Bertz CT molecular complexity index is 493. The van der Waals surface area contributed by atoms with E-state index in [4.69, 9.17) is 9.47 Å². The summed E-state index contributed by atoms with van der Waals surface area (Å²) in [6, 6.07) is 9.04. The van der Waals surface area contributed by atoms with Gasteiger partial charge in [0.25, 0.3) is 0 Å². The molecule has 0 bridgehead atoms. The Morgan fingerprint density at radius 1 is 1.13 bits per heavy atom. The van der Waals surface area contributed by atoms with Crippen LogP contribution in [-0.2, 0) is 19.1 Å². The summed E-state index contributed by atoms with van der Waals surface area (Å²) in [6.45, 7) is 7.40. The lowest BCUT2D eigenvalue weighted by molar-refractivity contribution is -0.162. The van der Waals surface area contributed by atoms with Gasteiger partial charge in [-0.3, -0.25) is 9.59 Å². The lowest BCUT2D eigenvalue weighted by atomic mass is 9.87. The minimum absolute atomic E-state index is 0.0806. The van der Waals surface area contributed by atoms with Gasteiger partial charge >= 0.3 is 11.9 Å². The van der Waals surface area contributed by atoms with Crippen molar-refractivity contribution in [3.05, 3.63) is 48.6 Å². The van der Waals surface area contributed by atoms with E-state index >= 15 is 0 Å². The average Bonchev–Trinajstić information content (AvgIpc) is 2.56. The predicted octanol–water partition coefficient (Wildman–Crippen LogP) is 2.65. The number of aliphatic hydroxyl groups is 1. The van der Waals surface area contributed by atoms with Crippen LogP contribution in [0.2, 0.25) is 0 Å². The number of ether oxygens (including phenoxy) is 2. The lowest BCUT2D eigenvalue weighted by Crippen LogP contribution is -2.31. The van der Waals surface area contributed by atoms with Gasteiger partial charge < -0.3 is 14.6 Å². The van der Waals surface area contributed by atoms with Gasteiger partial charge in [-0.05, 0) is 25.8 Å². The number of aliphatic hydroxyl groups excluding tert-OH is 1. The van der Waals surface area contributed by atoms with E-state index in [0.717, 1.165) is 0 Å². The van der Waals surface area contributed by atoms with Crippen molar-refractivity contribution >= 4 is 11.9 Å². The summed E-state index contributed by atoms with van der Waals surface area (Å²) in [5.74, 6) is -2.83. The molecule has 0 saturated heterocycles. The van der Waals surface area contributed by atoms with Crippen molar-refractivity contribution in [2.75, 3.05) is 13.2 Å². The van der Waals surface area contributed by atoms with Crippen LogP contribution < -0.4 is 0 Å². The molecule has 2 atom stereocenters. The van der Waals surface area contributed by atoms with E-state index in [2.05, 4.69) is 6.58 Å². The number of hydrogen-bond acceptors (Lipinski definition) is 5. The van der Waals surface area contributed by atoms with Crippen molar-refractivity contribution in [1.82, 2.24) is 0 Å². The number of rotatable bonds is 9. The van der Waals surface area contributed by atoms with E-state index in [1.54, 1.807) is 32.1 Å². The van der Waals surface area contributed by atoms with Crippen LogP contribution in [0.5, 0.6) is 0 Å². The number of esters is 2. The highest BCUT2D eigenvalue weighted by atomic mass is 16.6. The SMILES string of the molecule is C=C[C@@H](CC(C(=O)OCC)C(=O)OCC)[C@@H](O)c1ccccc1. The third-order valence-corrected chi connectivity index (χ3v) is 3.50. The van der Waals surface area contributed by atoms with E-state index in [-0.39, 0.29) is 19.6 Å². The van der Waals surface area contributed by atoms with Gasteiger partial charge in [-0.1, -0.05) is 36.4 Å². The highest BCUT2D eigenvalue weighted by molar-refractivity contribution is 5.94. The van der Waals surface area contributed by atoms with Gasteiger partial charge in [-0.25, -0.2) is 0 Å². The van der Waals surface area contributed by atoms with Gasteiger partial charge in [0.1, 0.15) is 0 Å². The Labute approximate surface area is 136 Å². The Morgan fingerprint density at radius 2 is 1.65 bits per heavy atom. The quantitative estimate of drug-likeness (QED) is 0.430. The zero-order valence-corrected chi connectivity index (χ0v) is 13.6. The molecule has 5 nitrogen and oxygen atoms in total. The molecule has 0 saturated carbocycles. The van der Waals surface area contributed by atoms with Crippen LogP contribution in [0.4, 0.5) is 0 Å². The van der Waals surface area contributed by atoms with E-state index in [1.165, 1.54) is 0 Å². The molecule has 0 heterocycles. The summed E-state index contributed by atoms with van der Waals surface area (Å²) in [5.41, 5.74) is 0.698. The number of hydrogen-bond donors (Lipinski definition) is 1. The molecule has 1 aromatic carbocycles. The molecule has 0 aliphatic carbocycles. The molecular weight excluding hydrogens is 296 g/mol. The molecule has 5 heteroatoms. The Morgan fingerprint density at radius 3 is 2.09 bits per heavy atom. The summed E-state index contributed by atoms with van der Waals surface area (Å²) in [6.07, 6.45) is 0.764. The smallest absolute Gasteiger partial charge is 0.320 e. The monoisotopic (exact) mass is 320 g/mol. The van der Waals surface area contributed by atoms with E-state index in [9.17, 15) is 14.7 Å². The molecule has 0 aliphatic rings. The molecule has 0 radical (unpaired) electrons. The second-order valence-corrected chi connectivity index (χ2v) is 5.05. The van der Waals surface area contributed by atoms with Crippen molar-refractivity contribution in [3.63, 3.8) is 0 Å². The number of carbonyl (C=O) groups excluding carboxylic acids is 2. The predicted molar refractivity (Wildman–Crippen MR) is 86.5 cm³/mol. The van der Waals surface area contributed by atoms with Gasteiger partial charge in [-0.2, -0.15) is 0 Å². The van der Waals surface area contributed by atoms with Crippen LogP contribution in [0.3, 0.4) is 0 Å². The molecular formula is C18H24O5. The third-order valence-electron chi connectivity index (χ3n) is 3.50. The van der Waals surface area contributed by atoms with Gasteiger partial charge in [0.05, 0.1) is 19.3 Å². The van der Waals surface area contributed by atoms with E-state index in [0.29, 0.717) is 5.56 Å². The fourth-order valence-corrected chi connectivity index (χ4v) is 2.30. The van der Waals surface area contributed by atoms with Crippen LogP contribution in [0.25, 0.3) is 0 Å². The number of carbonyl (C=O) groups is 2. The van der Waals surface area contributed by atoms with Gasteiger partial charge in [0, 0.05) is 5.92 Å². The van der Waals surface area contributed by atoms with E-state index < -0.39 is 29.9 Å². The second-order valence-electron chi connectivity index (χ2n) is 5.05. The highest BCUT2D eigenvalue weighted by Crippen LogP contribution is 2.29. The first-order valence-electron chi connectivity index (χ1n) is 7.73. The van der Waals surface area contributed by atoms with Crippen molar-refractivity contribution in [3.8, 4) is 0 Å². The Balaban J connectivity index is 2.91. The summed E-state index contributed by atoms with van der Waals surface area (Å²) < 4.78 is 9.89. The average molecular weight is 320 g/mol. The molecule has 0 aliphatic heterocycles. The summed E-state index contributed by atoms with van der Waals surface area (Å²) in [4.78, 5) is 24.1. The van der Waals surface area contributed by atoms with Crippen LogP contribution in [0.15, 0.2) is 43.0 Å². The maximum Gasteiger partial charge on any atom is 0.320 e. The third kappa shape index (κ3) is 5.53. The van der Waals surface area contributed by atoms with Crippen molar-refractivity contribution in [1.29, 1.82) is 0 Å². The molecule has 23 heavy (non-hydrogen) atoms. The van der Waals surface area contributed by atoms with Crippen molar-refractivity contribution < 1.29 is 24.2 Å². The highest BCUT2D eigenvalue weighted by Gasteiger charge is 2.34. The fourth-order valence-electron chi connectivity index (χ4n) is 2.30. The summed E-state index contributed by atoms with van der Waals surface area (Å²) in [7, 11) is 0. The fraction of sp³-hybridized carbons (Fsp3) is 0.444. The molecule has 126 valence electrons. The molecule has 0 aromatic heterocycles. The van der Waals surface area contributed by atoms with Crippen molar-refractivity contribution in [2.24, 2.45) is 11.8 Å². The normalized spacial score (nSPS) is 13.2. The second kappa shape index (κ2) is 9.79. The van der Waals surface area contributed by atoms with Crippen LogP contribution in [-0.4, -0.2) is 30.3 Å². The van der Waals surface area contributed by atoms with Crippen LogP contribution in [0.1, 0.15) is 31.9 Å². The zero-order chi connectivity index (χ0) is 17.2. The molecule has 0 unspecified atom stereocenters.